The van der Waals surface area contributed by atoms with E-state index in [1.807, 2.05) is 18.8 Å². The third-order valence-corrected chi connectivity index (χ3v) is 3.09. The first-order valence-electron chi connectivity index (χ1n) is 5.26. The summed E-state index contributed by atoms with van der Waals surface area (Å²) in [7, 11) is 3.99. The van der Waals surface area contributed by atoms with Crippen molar-refractivity contribution in [2.24, 2.45) is 4.99 Å². The minimum Gasteiger partial charge on any atom is -0.365 e. The maximum Gasteiger partial charge on any atom is 0.156 e. The molecule has 0 aliphatic heterocycles. The second-order valence-corrected chi connectivity index (χ2v) is 4.24. The van der Waals surface area contributed by atoms with Gasteiger partial charge in [0.2, 0.25) is 0 Å². The summed E-state index contributed by atoms with van der Waals surface area (Å²) < 4.78 is 0. The van der Waals surface area contributed by atoms with Gasteiger partial charge in [0, 0.05) is 19.3 Å². The van der Waals surface area contributed by atoms with E-state index < -0.39 is 0 Å². The second kappa shape index (κ2) is 9.34. The first-order chi connectivity index (χ1) is 6.74. The zero-order chi connectivity index (χ0) is 10.8. The Bertz CT molecular complexity index is 159. The van der Waals surface area contributed by atoms with E-state index in [1.165, 1.54) is 13.0 Å². The van der Waals surface area contributed by atoms with Gasteiger partial charge in [-0.1, -0.05) is 18.7 Å². The van der Waals surface area contributed by atoms with Crippen molar-refractivity contribution in [3.63, 3.8) is 0 Å². The molecular formula is C10H23N3S. The zero-order valence-electron chi connectivity index (χ0n) is 9.84. The van der Waals surface area contributed by atoms with Crippen LogP contribution in [0.2, 0.25) is 0 Å². The van der Waals surface area contributed by atoms with Crippen LogP contribution in [-0.2, 0) is 0 Å². The van der Waals surface area contributed by atoms with Crippen LogP contribution >= 0.6 is 11.8 Å². The average molecular weight is 217 g/mol. The zero-order valence-corrected chi connectivity index (χ0v) is 10.7. The van der Waals surface area contributed by atoms with Gasteiger partial charge in [0.1, 0.15) is 0 Å². The molecule has 0 aromatic heterocycles. The molecule has 0 aliphatic carbocycles. The highest BCUT2D eigenvalue weighted by atomic mass is 32.2. The van der Waals surface area contributed by atoms with Crippen LogP contribution in [-0.4, -0.2) is 49.6 Å². The first-order valence-corrected chi connectivity index (χ1v) is 6.25. The minimum atomic E-state index is 0.953. The molecule has 14 heavy (non-hydrogen) atoms. The molecule has 4 heteroatoms. The summed E-state index contributed by atoms with van der Waals surface area (Å²) in [5, 5.41) is 4.30. The van der Waals surface area contributed by atoms with Gasteiger partial charge in [-0.25, -0.2) is 0 Å². The molecule has 0 bridgehead atoms. The van der Waals surface area contributed by atoms with Crippen LogP contribution in [0.3, 0.4) is 0 Å². The van der Waals surface area contributed by atoms with Gasteiger partial charge in [0.25, 0.3) is 0 Å². The van der Waals surface area contributed by atoms with E-state index in [0.717, 1.165) is 24.0 Å². The number of hydrogen-bond acceptors (Lipinski definition) is 3. The topological polar surface area (TPSA) is 27.6 Å². The van der Waals surface area contributed by atoms with Crippen molar-refractivity contribution in [3.8, 4) is 0 Å². The summed E-state index contributed by atoms with van der Waals surface area (Å²) in [4.78, 5) is 6.50. The Balaban J connectivity index is 3.43. The number of amidine groups is 1. The second-order valence-electron chi connectivity index (χ2n) is 3.16. The number of hydrogen-bond donors (Lipinski definition) is 1. The summed E-state index contributed by atoms with van der Waals surface area (Å²) in [6, 6.07) is 0. The lowest BCUT2D eigenvalue weighted by Gasteiger charge is -2.13. The van der Waals surface area contributed by atoms with E-state index in [-0.39, 0.29) is 0 Å². The van der Waals surface area contributed by atoms with Crippen molar-refractivity contribution in [2.45, 2.75) is 20.3 Å². The van der Waals surface area contributed by atoms with Gasteiger partial charge >= 0.3 is 0 Å². The van der Waals surface area contributed by atoms with Gasteiger partial charge in [0.05, 0.1) is 0 Å². The van der Waals surface area contributed by atoms with Crippen LogP contribution in [0.15, 0.2) is 4.99 Å². The Morgan fingerprint density at radius 1 is 1.43 bits per heavy atom. The molecular weight excluding hydrogens is 194 g/mol. The molecule has 0 heterocycles. The Hall–Kier alpha value is -0.220. The molecule has 0 radical (unpaired) electrons. The maximum atomic E-state index is 4.17. The van der Waals surface area contributed by atoms with Crippen LogP contribution in [0.5, 0.6) is 0 Å². The predicted molar refractivity (Wildman–Crippen MR) is 67.3 cm³/mol. The van der Waals surface area contributed by atoms with Gasteiger partial charge in [-0.05, 0) is 33.5 Å². The molecule has 0 saturated carbocycles. The van der Waals surface area contributed by atoms with E-state index in [2.05, 4.69) is 36.1 Å². The molecule has 0 aromatic rings. The number of rotatable bonds is 6. The lowest BCUT2D eigenvalue weighted by atomic mass is 10.4. The normalized spacial score (nSPS) is 12.2. The predicted octanol–water partition coefficient (Wildman–Crippen LogP) is 1.66. The Morgan fingerprint density at radius 2 is 2.14 bits per heavy atom. The quantitative estimate of drug-likeness (QED) is 0.416. The number of nitrogens with one attached hydrogen (secondary N) is 1. The highest BCUT2D eigenvalue weighted by molar-refractivity contribution is 8.13. The van der Waals surface area contributed by atoms with Crippen molar-refractivity contribution < 1.29 is 0 Å². The number of aliphatic imine (C=N–C) groups is 1. The Kier molecular flexibility index (Phi) is 9.19. The number of nitrogens with zero attached hydrogens (tertiary/aromatic N) is 2. The fourth-order valence-corrected chi connectivity index (χ4v) is 1.85. The van der Waals surface area contributed by atoms with Crippen LogP contribution < -0.4 is 5.32 Å². The van der Waals surface area contributed by atoms with E-state index >= 15 is 0 Å². The fourth-order valence-electron chi connectivity index (χ4n) is 1.01. The van der Waals surface area contributed by atoms with E-state index in [9.17, 15) is 0 Å². The Labute approximate surface area is 92.4 Å². The van der Waals surface area contributed by atoms with Gasteiger partial charge in [-0.3, -0.25) is 4.99 Å². The Morgan fingerprint density at radius 3 is 2.64 bits per heavy atom. The van der Waals surface area contributed by atoms with Gasteiger partial charge in [0.15, 0.2) is 5.17 Å². The summed E-state index contributed by atoms with van der Waals surface area (Å²) in [6.07, 6.45) is 1.22. The lowest BCUT2D eigenvalue weighted by Crippen LogP contribution is -2.22. The summed E-state index contributed by atoms with van der Waals surface area (Å²) in [5.74, 6) is 1.14. The average Bonchev–Trinajstić information content (AvgIpc) is 2.22. The van der Waals surface area contributed by atoms with Crippen molar-refractivity contribution in [1.82, 2.24) is 10.2 Å². The lowest BCUT2D eigenvalue weighted by molar-refractivity contribution is 0.355. The number of thioether (sulfide) groups is 1. The summed E-state index contributed by atoms with van der Waals surface area (Å²) in [6.45, 7) is 7.54. The molecule has 0 aromatic carbocycles. The van der Waals surface area contributed by atoms with Crippen molar-refractivity contribution in [2.75, 3.05) is 39.5 Å². The molecule has 1 N–H and O–H groups in total. The summed E-state index contributed by atoms with van der Waals surface area (Å²) >= 11 is 1.81. The molecule has 0 atom stereocenters. The third kappa shape index (κ3) is 7.21. The van der Waals surface area contributed by atoms with Gasteiger partial charge in [-0.2, -0.15) is 0 Å². The third-order valence-electron chi connectivity index (χ3n) is 1.99. The smallest absolute Gasteiger partial charge is 0.156 e. The minimum absolute atomic E-state index is 0.953. The standard InChI is InChI=1S/C10H23N3S/c1-5-12-10(11-3)14-9-7-8-13(4)6-2/h5-9H2,1-4H3,(H,11,12). The maximum absolute atomic E-state index is 4.17. The molecule has 0 amide bonds. The molecule has 0 aliphatic rings. The van der Waals surface area contributed by atoms with Crippen LogP contribution in [0.4, 0.5) is 0 Å². The molecule has 0 spiro atoms. The molecule has 0 fully saturated rings. The van der Waals surface area contributed by atoms with E-state index in [0.29, 0.717) is 0 Å². The molecule has 3 nitrogen and oxygen atoms in total. The first kappa shape index (κ1) is 13.8. The molecule has 0 saturated heterocycles. The molecule has 0 unspecified atom stereocenters. The SMILES string of the molecule is CCNC(=NC)SCCCN(C)CC. The monoisotopic (exact) mass is 217 g/mol. The largest absolute Gasteiger partial charge is 0.365 e. The van der Waals surface area contributed by atoms with E-state index in [4.69, 9.17) is 0 Å². The van der Waals surface area contributed by atoms with Gasteiger partial charge in [-0.15, -0.1) is 0 Å². The summed E-state index contributed by atoms with van der Waals surface area (Å²) in [5.41, 5.74) is 0. The van der Waals surface area contributed by atoms with Crippen LogP contribution in [0.25, 0.3) is 0 Å². The highest BCUT2D eigenvalue weighted by Crippen LogP contribution is 2.04. The van der Waals surface area contributed by atoms with Crippen molar-refractivity contribution in [1.29, 1.82) is 0 Å². The highest BCUT2D eigenvalue weighted by Gasteiger charge is 1.98. The van der Waals surface area contributed by atoms with Crippen LogP contribution in [0, 0.1) is 0 Å². The molecule has 0 rings (SSSR count). The van der Waals surface area contributed by atoms with Crippen molar-refractivity contribution >= 4 is 16.9 Å². The van der Waals surface area contributed by atoms with Crippen molar-refractivity contribution in [3.05, 3.63) is 0 Å². The van der Waals surface area contributed by atoms with Gasteiger partial charge < -0.3 is 10.2 Å². The van der Waals surface area contributed by atoms with Crippen LogP contribution in [0.1, 0.15) is 20.3 Å². The molecule has 84 valence electrons. The van der Waals surface area contributed by atoms with E-state index in [1.54, 1.807) is 0 Å². The fraction of sp³-hybridized carbons (Fsp3) is 0.900.